The van der Waals surface area contributed by atoms with E-state index in [4.69, 9.17) is 0 Å². The second-order valence-corrected chi connectivity index (χ2v) is 4.97. The Morgan fingerprint density at radius 1 is 1.39 bits per heavy atom. The van der Waals surface area contributed by atoms with Crippen LogP contribution < -0.4 is 10.6 Å². The van der Waals surface area contributed by atoms with E-state index in [2.05, 4.69) is 41.8 Å². The van der Waals surface area contributed by atoms with E-state index in [1.807, 2.05) is 0 Å². The molecule has 2 N–H and O–H groups in total. The Morgan fingerprint density at radius 3 is 2.94 bits per heavy atom. The zero-order valence-corrected chi connectivity index (χ0v) is 11.0. The van der Waals surface area contributed by atoms with E-state index in [-0.39, 0.29) is 5.91 Å². The summed E-state index contributed by atoms with van der Waals surface area (Å²) in [6.45, 7) is 3.97. The molecule has 1 saturated carbocycles. The highest BCUT2D eigenvalue weighted by molar-refractivity contribution is 5.77. The van der Waals surface area contributed by atoms with Gasteiger partial charge in [-0.2, -0.15) is 0 Å². The van der Waals surface area contributed by atoms with Crippen LogP contribution in [0.15, 0.2) is 24.3 Å². The van der Waals surface area contributed by atoms with E-state index in [0.717, 1.165) is 25.4 Å². The average Bonchev–Trinajstić information content (AvgIpc) is 3.21. The first-order chi connectivity index (χ1) is 8.79. The van der Waals surface area contributed by atoms with Gasteiger partial charge in [-0.1, -0.05) is 31.2 Å². The van der Waals surface area contributed by atoms with Crippen molar-refractivity contribution >= 4 is 5.91 Å². The minimum atomic E-state index is 0.0789. The third-order valence-electron chi connectivity index (χ3n) is 3.19. The molecule has 0 unspecified atom stereocenters. The van der Waals surface area contributed by atoms with E-state index in [1.165, 1.54) is 24.0 Å². The smallest absolute Gasteiger partial charge is 0.233 e. The van der Waals surface area contributed by atoms with Crippen molar-refractivity contribution in [1.82, 2.24) is 10.6 Å². The fourth-order valence-electron chi connectivity index (χ4n) is 2.02. The number of amides is 1. The molecule has 1 aromatic carbocycles. The topological polar surface area (TPSA) is 41.1 Å². The van der Waals surface area contributed by atoms with Crippen LogP contribution in [0.25, 0.3) is 0 Å². The maximum absolute atomic E-state index is 11.4. The lowest BCUT2D eigenvalue weighted by molar-refractivity contribution is -0.120. The molecule has 0 atom stereocenters. The Kier molecular flexibility index (Phi) is 4.76. The third kappa shape index (κ3) is 4.15. The van der Waals surface area contributed by atoms with Crippen molar-refractivity contribution in [1.29, 1.82) is 0 Å². The van der Waals surface area contributed by atoms with Crippen molar-refractivity contribution in [2.45, 2.75) is 38.6 Å². The summed E-state index contributed by atoms with van der Waals surface area (Å²) in [6.07, 6.45) is 3.64. The minimum Gasteiger partial charge on any atom is -0.355 e. The predicted octanol–water partition coefficient (Wildman–Crippen LogP) is 2.18. The Bertz CT molecular complexity index is 399. The zero-order valence-electron chi connectivity index (χ0n) is 11.0. The van der Waals surface area contributed by atoms with Gasteiger partial charge < -0.3 is 10.6 Å². The normalized spacial score (nSPS) is 14.5. The highest BCUT2D eigenvalue weighted by Crippen LogP contribution is 2.40. The van der Waals surface area contributed by atoms with Gasteiger partial charge in [-0.05, 0) is 36.3 Å². The lowest BCUT2D eigenvalue weighted by Gasteiger charge is -2.07. The van der Waals surface area contributed by atoms with E-state index in [9.17, 15) is 4.79 Å². The molecule has 98 valence electrons. The molecule has 0 saturated heterocycles. The number of carbonyl (C=O) groups is 1. The van der Waals surface area contributed by atoms with Crippen molar-refractivity contribution in [2.24, 2.45) is 0 Å². The van der Waals surface area contributed by atoms with Gasteiger partial charge in [0.15, 0.2) is 0 Å². The summed E-state index contributed by atoms with van der Waals surface area (Å²) in [5, 5.41) is 6.04. The monoisotopic (exact) mass is 246 g/mol. The quantitative estimate of drug-likeness (QED) is 0.774. The van der Waals surface area contributed by atoms with Gasteiger partial charge in [0.25, 0.3) is 0 Å². The molecule has 3 heteroatoms. The van der Waals surface area contributed by atoms with Gasteiger partial charge >= 0.3 is 0 Å². The highest BCUT2D eigenvalue weighted by atomic mass is 16.1. The molecule has 1 aliphatic rings. The molecule has 0 bridgehead atoms. The van der Waals surface area contributed by atoms with Crippen LogP contribution in [0.4, 0.5) is 0 Å². The van der Waals surface area contributed by atoms with Crippen molar-refractivity contribution in [2.75, 3.05) is 13.1 Å². The van der Waals surface area contributed by atoms with Crippen LogP contribution >= 0.6 is 0 Å². The molecule has 0 aromatic heterocycles. The fourth-order valence-corrected chi connectivity index (χ4v) is 2.02. The van der Waals surface area contributed by atoms with Crippen molar-refractivity contribution in [3.63, 3.8) is 0 Å². The lowest BCUT2D eigenvalue weighted by Crippen LogP contribution is -2.33. The molecule has 18 heavy (non-hydrogen) atoms. The van der Waals surface area contributed by atoms with Gasteiger partial charge in [0.1, 0.15) is 0 Å². The largest absolute Gasteiger partial charge is 0.355 e. The van der Waals surface area contributed by atoms with Crippen LogP contribution in [-0.2, 0) is 11.3 Å². The maximum Gasteiger partial charge on any atom is 0.233 e. The molecule has 1 fully saturated rings. The summed E-state index contributed by atoms with van der Waals surface area (Å²) in [6, 6.07) is 8.69. The van der Waals surface area contributed by atoms with Gasteiger partial charge in [0.05, 0.1) is 6.54 Å². The fraction of sp³-hybridized carbons (Fsp3) is 0.533. The number of benzene rings is 1. The molecule has 2 rings (SSSR count). The molecule has 1 amide bonds. The summed E-state index contributed by atoms with van der Waals surface area (Å²) < 4.78 is 0. The van der Waals surface area contributed by atoms with E-state index >= 15 is 0 Å². The number of hydrogen-bond donors (Lipinski definition) is 2. The van der Waals surface area contributed by atoms with Gasteiger partial charge in [-0.25, -0.2) is 0 Å². The zero-order chi connectivity index (χ0) is 12.8. The van der Waals surface area contributed by atoms with E-state index in [0.29, 0.717) is 6.54 Å². The van der Waals surface area contributed by atoms with Gasteiger partial charge in [-0.3, -0.25) is 4.79 Å². The molecule has 0 spiro atoms. The van der Waals surface area contributed by atoms with Crippen molar-refractivity contribution < 1.29 is 4.79 Å². The Hall–Kier alpha value is -1.35. The molecular formula is C15H22N2O. The standard InChI is InChI=1S/C15H22N2O/c1-2-8-17-15(18)11-16-10-12-4-3-5-14(9-12)13-6-7-13/h3-5,9,13,16H,2,6-8,10-11H2,1H3,(H,17,18). The highest BCUT2D eigenvalue weighted by Gasteiger charge is 2.23. The third-order valence-corrected chi connectivity index (χ3v) is 3.19. The molecule has 0 heterocycles. The summed E-state index contributed by atoms with van der Waals surface area (Å²) >= 11 is 0. The number of nitrogens with one attached hydrogen (secondary N) is 2. The van der Waals surface area contributed by atoms with Crippen molar-refractivity contribution in [3.05, 3.63) is 35.4 Å². The van der Waals surface area contributed by atoms with Gasteiger partial charge in [0, 0.05) is 13.1 Å². The van der Waals surface area contributed by atoms with E-state index < -0.39 is 0 Å². The predicted molar refractivity (Wildman–Crippen MR) is 73.4 cm³/mol. The Balaban J connectivity index is 1.72. The molecule has 1 aromatic rings. The number of carbonyl (C=O) groups excluding carboxylic acids is 1. The van der Waals surface area contributed by atoms with Crippen LogP contribution in [0.3, 0.4) is 0 Å². The first-order valence-corrected chi connectivity index (χ1v) is 6.86. The maximum atomic E-state index is 11.4. The van der Waals surface area contributed by atoms with Gasteiger partial charge in [0.2, 0.25) is 5.91 Å². The van der Waals surface area contributed by atoms with Crippen LogP contribution in [0.1, 0.15) is 43.2 Å². The average molecular weight is 246 g/mol. The lowest BCUT2D eigenvalue weighted by atomic mass is 10.1. The van der Waals surface area contributed by atoms with Gasteiger partial charge in [-0.15, -0.1) is 0 Å². The Morgan fingerprint density at radius 2 is 2.22 bits per heavy atom. The minimum absolute atomic E-state index is 0.0789. The van der Waals surface area contributed by atoms with Crippen LogP contribution in [0.5, 0.6) is 0 Å². The van der Waals surface area contributed by atoms with Crippen LogP contribution in [0, 0.1) is 0 Å². The first kappa shape index (κ1) is 13.1. The number of hydrogen-bond acceptors (Lipinski definition) is 2. The first-order valence-electron chi connectivity index (χ1n) is 6.86. The molecule has 0 radical (unpaired) electrons. The second kappa shape index (κ2) is 6.55. The van der Waals surface area contributed by atoms with Crippen LogP contribution in [0.2, 0.25) is 0 Å². The Labute approximate surface area is 109 Å². The molecule has 3 nitrogen and oxygen atoms in total. The molecule has 0 aliphatic heterocycles. The van der Waals surface area contributed by atoms with Crippen molar-refractivity contribution in [3.8, 4) is 0 Å². The summed E-state index contributed by atoms with van der Waals surface area (Å²) in [4.78, 5) is 11.4. The molecular weight excluding hydrogens is 224 g/mol. The van der Waals surface area contributed by atoms with Crippen LogP contribution in [-0.4, -0.2) is 19.0 Å². The van der Waals surface area contributed by atoms with E-state index in [1.54, 1.807) is 0 Å². The summed E-state index contributed by atoms with van der Waals surface area (Å²) in [5.74, 6) is 0.869. The SMILES string of the molecule is CCCNC(=O)CNCc1cccc(C2CC2)c1. The second-order valence-electron chi connectivity index (χ2n) is 4.97. The molecule has 1 aliphatic carbocycles. The summed E-state index contributed by atoms with van der Waals surface area (Å²) in [7, 11) is 0. The number of rotatable bonds is 7. The summed E-state index contributed by atoms with van der Waals surface area (Å²) in [5.41, 5.74) is 2.72.